The topological polar surface area (TPSA) is 64.6 Å². The summed E-state index contributed by atoms with van der Waals surface area (Å²) in [5.74, 6) is 0.0432. The highest BCUT2D eigenvalue weighted by molar-refractivity contribution is 5.96. The molecule has 1 aliphatic rings. The van der Waals surface area contributed by atoms with Crippen LogP contribution in [-0.4, -0.2) is 25.1 Å². The highest BCUT2D eigenvalue weighted by atomic mass is 16.5. The standard InChI is InChI=1S/C22H25NO4/c1-3-20(27-19-12-11-15-7-4-5-8-16(15)14-19)21(24)23-18-10-6-9-17(13-18)22(25)26-2/h6,9-14,20H,3-5,7-8H2,1-2H3,(H,23,24). The largest absolute Gasteiger partial charge is 0.481 e. The molecule has 1 atom stereocenters. The average molecular weight is 367 g/mol. The Hall–Kier alpha value is -2.82. The maximum atomic E-state index is 12.6. The Morgan fingerprint density at radius 2 is 1.85 bits per heavy atom. The van der Waals surface area contributed by atoms with E-state index in [1.807, 2.05) is 13.0 Å². The van der Waals surface area contributed by atoms with E-state index in [0.29, 0.717) is 17.7 Å². The summed E-state index contributed by atoms with van der Waals surface area (Å²) >= 11 is 0. The molecule has 1 unspecified atom stereocenters. The summed E-state index contributed by atoms with van der Waals surface area (Å²) in [6.45, 7) is 1.91. The van der Waals surface area contributed by atoms with Gasteiger partial charge in [0, 0.05) is 5.69 Å². The van der Waals surface area contributed by atoms with Gasteiger partial charge in [0.05, 0.1) is 12.7 Å². The molecule has 3 rings (SSSR count). The molecule has 0 aromatic heterocycles. The molecular formula is C22H25NO4. The van der Waals surface area contributed by atoms with Crippen molar-refractivity contribution in [3.63, 3.8) is 0 Å². The lowest BCUT2D eigenvalue weighted by Crippen LogP contribution is -2.32. The Morgan fingerprint density at radius 3 is 2.59 bits per heavy atom. The number of carbonyl (C=O) groups excluding carboxylic acids is 2. The van der Waals surface area contributed by atoms with E-state index in [1.54, 1.807) is 24.3 Å². The molecule has 0 saturated heterocycles. The highest BCUT2D eigenvalue weighted by Crippen LogP contribution is 2.26. The molecule has 5 heteroatoms. The minimum atomic E-state index is -0.603. The maximum Gasteiger partial charge on any atom is 0.337 e. The summed E-state index contributed by atoms with van der Waals surface area (Å²) in [7, 11) is 1.33. The molecule has 1 aliphatic carbocycles. The smallest absolute Gasteiger partial charge is 0.337 e. The Balaban J connectivity index is 1.68. The first-order chi connectivity index (χ1) is 13.1. The molecular weight excluding hydrogens is 342 g/mol. The molecule has 0 radical (unpaired) electrons. The third-order valence-electron chi connectivity index (χ3n) is 4.81. The Labute approximate surface area is 159 Å². The monoisotopic (exact) mass is 367 g/mol. The van der Waals surface area contributed by atoms with Crippen molar-refractivity contribution in [1.29, 1.82) is 0 Å². The lowest BCUT2D eigenvalue weighted by molar-refractivity contribution is -0.122. The number of esters is 1. The Bertz CT molecular complexity index is 831. The molecule has 1 N–H and O–H groups in total. The molecule has 5 nitrogen and oxygen atoms in total. The zero-order chi connectivity index (χ0) is 19.2. The van der Waals surface area contributed by atoms with Crippen molar-refractivity contribution in [2.45, 2.75) is 45.1 Å². The number of benzene rings is 2. The zero-order valence-electron chi connectivity index (χ0n) is 15.8. The van der Waals surface area contributed by atoms with Gasteiger partial charge >= 0.3 is 5.97 Å². The van der Waals surface area contributed by atoms with Crippen molar-refractivity contribution in [2.24, 2.45) is 0 Å². The average Bonchev–Trinajstić information content (AvgIpc) is 2.71. The van der Waals surface area contributed by atoms with Crippen LogP contribution in [0.25, 0.3) is 0 Å². The van der Waals surface area contributed by atoms with E-state index in [9.17, 15) is 9.59 Å². The van der Waals surface area contributed by atoms with Crippen LogP contribution in [0.4, 0.5) is 5.69 Å². The fraction of sp³-hybridized carbons (Fsp3) is 0.364. The van der Waals surface area contributed by atoms with Crippen molar-refractivity contribution in [3.05, 3.63) is 59.2 Å². The normalized spacial score (nSPS) is 14.0. The summed E-state index contributed by atoms with van der Waals surface area (Å²) in [6, 6.07) is 12.8. The number of rotatable bonds is 6. The van der Waals surface area contributed by atoms with Crippen LogP contribution in [0.15, 0.2) is 42.5 Å². The number of hydrogen-bond acceptors (Lipinski definition) is 4. The predicted molar refractivity (Wildman–Crippen MR) is 104 cm³/mol. The van der Waals surface area contributed by atoms with E-state index in [0.717, 1.165) is 18.6 Å². The summed E-state index contributed by atoms with van der Waals surface area (Å²) in [5, 5.41) is 2.82. The van der Waals surface area contributed by atoms with Gasteiger partial charge in [0.2, 0.25) is 0 Å². The van der Waals surface area contributed by atoms with Gasteiger partial charge in [-0.2, -0.15) is 0 Å². The van der Waals surface area contributed by atoms with Gasteiger partial charge in [0.15, 0.2) is 6.10 Å². The number of anilines is 1. The van der Waals surface area contributed by atoms with Gasteiger partial charge in [0.25, 0.3) is 5.91 Å². The summed E-state index contributed by atoms with van der Waals surface area (Å²) < 4.78 is 10.7. The van der Waals surface area contributed by atoms with Crippen molar-refractivity contribution in [3.8, 4) is 5.75 Å². The molecule has 0 heterocycles. The molecule has 0 fully saturated rings. The second kappa shape index (κ2) is 8.71. The van der Waals surface area contributed by atoms with Crippen LogP contribution >= 0.6 is 0 Å². The second-order valence-corrected chi connectivity index (χ2v) is 6.71. The predicted octanol–water partition coefficient (Wildman–Crippen LogP) is 4.15. The van der Waals surface area contributed by atoms with Crippen LogP contribution < -0.4 is 10.1 Å². The molecule has 2 aromatic carbocycles. The van der Waals surface area contributed by atoms with Gasteiger partial charge in [-0.05, 0) is 73.6 Å². The molecule has 0 bridgehead atoms. The zero-order valence-corrected chi connectivity index (χ0v) is 15.8. The first-order valence-corrected chi connectivity index (χ1v) is 9.38. The molecule has 27 heavy (non-hydrogen) atoms. The van der Waals surface area contributed by atoms with E-state index in [-0.39, 0.29) is 5.91 Å². The van der Waals surface area contributed by atoms with Crippen LogP contribution in [0, 0.1) is 0 Å². The van der Waals surface area contributed by atoms with Gasteiger partial charge in [-0.25, -0.2) is 4.79 Å². The number of ether oxygens (including phenoxy) is 2. The third-order valence-corrected chi connectivity index (χ3v) is 4.81. The summed E-state index contributed by atoms with van der Waals surface area (Å²) in [6.07, 6.45) is 4.55. The molecule has 0 saturated carbocycles. The summed E-state index contributed by atoms with van der Waals surface area (Å²) in [4.78, 5) is 24.3. The second-order valence-electron chi connectivity index (χ2n) is 6.71. The minimum Gasteiger partial charge on any atom is -0.481 e. The Kier molecular flexibility index (Phi) is 6.12. The number of carbonyl (C=O) groups is 2. The SMILES string of the molecule is CCC(Oc1ccc2c(c1)CCCC2)C(=O)Nc1cccc(C(=O)OC)c1. The van der Waals surface area contributed by atoms with E-state index < -0.39 is 12.1 Å². The van der Waals surface area contributed by atoms with Crippen molar-refractivity contribution < 1.29 is 19.1 Å². The lowest BCUT2D eigenvalue weighted by Gasteiger charge is -2.20. The van der Waals surface area contributed by atoms with Crippen LogP contribution in [0.5, 0.6) is 5.75 Å². The number of aryl methyl sites for hydroxylation is 2. The number of hydrogen-bond donors (Lipinski definition) is 1. The molecule has 0 spiro atoms. The van der Waals surface area contributed by atoms with Gasteiger partial charge in [-0.15, -0.1) is 0 Å². The van der Waals surface area contributed by atoms with Crippen LogP contribution in [0.1, 0.15) is 47.7 Å². The molecule has 1 amide bonds. The van der Waals surface area contributed by atoms with E-state index in [1.165, 1.54) is 31.1 Å². The van der Waals surface area contributed by atoms with E-state index in [2.05, 4.69) is 17.4 Å². The van der Waals surface area contributed by atoms with Crippen molar-refractivity contribution >= 4 is 17.6 Å². The van der Waals surface area contributed by atoms with Crippen molar-refractivity contribution in [2.75, 3.05) is 12.4 Å². The van der Waals surface area contributed by atoms with Gasteiger partial charge in [-0.1, -0.05) is 19.1 Å². The first-order valence-electron chi connectivity index (χ1n) is 9.38. The van der Waals surface area contributed by atoms with E-state index >= 15 is 0 Å². The van der Waals surface area contributed by atoms with Crippen LogP contribution in [0.2, 0.25) is 0 Å². The molecule has 2 aromatic rings. The number of amides is 1. The maximum absolute atomic E-state index is 12.6. The first kappa shape index (κ1) is 19.0. The summed E-state index contributed by atoms with van der Waals surface area (Å²) in [5.41, 5.74) is 3.62. The molecule has 0 aliphatic heterocycles. The fourth-order valence-corrected chi connectivity index (χ4v) is 3.33. The van der Waals surface area contributed by atoms with Crippen molar-refractivity contribution in [1.82, 2.24) is 0 Å². The molecule has 142 valence electrons. The number of methoxy groups -OCH3 is 1. The van der Waals surface area contributed by atoms with Crippen LogP contribution in [-0.2, 0) is 22.4 Å². The highest BCUT2D eigenvalue weighted by Gasteiger charge is 2.20. The van der Waals surface area contributed by atoms with Gasteiger partial charge in [-0.3, -0.25) is 4.79 Å². The van der Waals surface area contributed by atoms with Crippen LogP contribution in [0.3, 0.4) is 0 Å². The third kappa shape index (κ3) is 4.67. The van der Waals surface area contributed by atoms with Gasteiger partial charge < -0.3 is 14.8 Å². The lowest BCUT2D eigenvalue weighted by atomic mass is 9.92. The Morgan fingerprint density at radius 1 is 1.07 bits per heavy atom. The van der Waals surface area contributed by atoms with E-state index in [4.69, 9.17) is 9.47 Å². The number of nitrogens with one attached hydrogen (secondary N) is 1. The minimum absolute atomic E-state index is 0.239. The quantitative estimate of drug-likeness (QED) is 0.779. The van der Waals surface area contributed by atoms with Gasteiger partial charge in [0.1, 0.15) is 5.75 Å². The fourth-order valence-electron chi connectivity index (χ4n) is 3.33. The number of fused-ring (bicyclic) bond motifs is 1.